The molecule has 10 N–H and O–H groups in total. The van der Waals surface area contributed by atoms with Crippen molar-refractivity contribution in [2.24, 2.45) is 28.7 Å². The minimum Gasteiger partial charge on any atom is -0.371 e. The van der Waals surface area contributed by atoms with Crippen LogP contribution in [0.25, 0.3) is 0 Å². The largest absolute Gasteiger partial charge is 0.371 e. The first-order valence-electron chi connectivity index (χ1n) is 6.11. The molecule has 0 aromatic carbocycles. The topological polar surface area (TPSA) is 174 Å². The van der Waals surface area contributed by atoms with Crippen molar-refractivity contribution in [2.75, 3.05) is 26.4 Å². The summed E-state index contributed by atoms with van der Waals surface area (Å²) in [6.45, 7) is 3.06. The maximum Gasteiger partial charge on any atom is 0.261 e. The number of ether oxygens (including phenoxy) is 4. The quantitative estimate of drug-likeness (QED) is 0.224. The van der Waals surface area contributed by atoms with Crippen LogP contribution in [-0.4, -0.2) is 55.9 Å². The lowest BCUT2D eigenvalue weighted by molar-refractivity contribution is -0.283. The highest BCUT2D eigenvalue weighted by molar-refractivity contribution is 5.05. The summed E-state index contributed by atoms with van der Waals surface area (Å²) in [6.07, 6.45) is -0.0531. The molecule has 2 aliphatic rings. The van der Waals surface area contributed by atoms with Crippen LogP contribution in [0, 0.1) is 0 Å². The summed E-state index contributed by atoms with van der Waals surface area (Å²) in [5.41, 5.74) is 26.2. The van der Waals surface area contributed by atoms with Crippen molar-refractivity contribution in [3.05, 3.63) is 0 Å². The Bertz CT molecular complexity index is 308. The Morgan fingerprint density at radius 3 is 1.58 bits per heavy atom. The number of hydrogen-bond donors (Lipinski definition) is 5. The van der Waals surface area contributed by atoms with E-state index >= 15 is 0 Å². The Kier molecular flexibility index (Phi) is 3.86. The van der Waals surface area contributed by atoms with Gasteiger partial charge in [-0.15, -0.1) is 0 Å². The highest BCUT2D eigenvalue weighted by atomic mass is 16.7. The lowest BCUT2D eigenvalue weighted by Crippen LogP contribution is -2.87. The zero-order chi connectivity index (χ0) is 14.3. The van der Waals surface area contributed by atoms with Crippen molar-refractivity contribution in [3.63, 3.8) is 0 Å². The molecule has 0 bridgehead atoms. The minimum atomic E-state index is -1.83. The molecule has 9 nitrogen and oxygen atoms in total. The molecule has 9 heteroatoms. The van der Waals surface area contributed by atoms with Gasteiger partial charge in [0.2, 0.25) is 0 Å². The van der Waals surface area contributed by atoms with E-state index in [1.807, 2.05) is 0 Å². The average Bonchev–Trinajstić information content (AvgIpc) is 3.14. The molecule has 0 aromatic rings. The number of hydrogen-bond acceptors (Lipinski definition) is 9. The SMILES string of the molecule is CC(N)(N)C(N)(N)C(N)(OCC1CO1)OCC1CO1. The fourth-order valence-electron chi connectivity index (χ4n) is 1.42. The van der Waals surface area contributed by atoms with Gasteiger partial charge in [0.1, 0.15) is 12.2 Å². The highest BCUT2D eigenvalue weighted by Gasteiger charge is 2.56. The van der Waals surface area contributed by atoms with Crippen LogP contribution in [-0.2, 0) is 18.9 Å². The molecule has 2 heterocycles. The molecule has 2 saturated heterocycles. The van der Waals surface area contributed by atoms with E-state index in [9.17, 15) is 0 Å². The van der Waals surface area contributed by atoms with Crippen molar-refractivity contribution in [2.45, 2.75) is 36.4 Å². The normalized spacial score (nSPS) is 30.0. The Morgan fingerprint density at radius 2 is 1.32 bits per heavy atom. The standard InChI is InChI=1S/C10H23N5O4/c1-8(11,12)9(13,14)10(15,18-4-6-2-16-6)19-5-7-3-17-7/h6-7H,2-5,11-15H2,1H3. The van der Waals surface area contributed by atoms with E-state index in [0.29, 0.717) is 13.2 Å². The van der Waals surface area contributed by atoms with Gasteiger partial charge < -0.3 is 41.9 Å². The summed E-state index contributed by atoms with van der Waals surface area (Å²) < 4.78 is 21.0. The van der Waals surface area contributed by atoms with Gasteiger partial charge in [-0.25, -0.2) is 0 Å². The zero-order valence-corrected chi connectivity index (χ0v) is 11.0. The predicted octanol–water partition coefficient (Wildman–Crippen LogP) is -3.32. The van der Waals surface area contributed by atoms with Gasteiger partial charge in [-0.05, 0) is 6.92 Å². The lowest BCUT2D eigenvalue weighted by Gasteiger charge is -2.48. The molecule has 2 rings (SSSR count). The van der Waals surface area contributed by atoms with Gasteiger partial charge in [-0.2, -0.15) is 0 Å². The van der Waals surface area contributed by atoms with Crippen LogP contribution in [0.1, 0.15) is 6.92 Å². The molecule has 0 aliphatic carbocycles. The fraction of sp³-hybridized carbons (Fsp3) is 1.00. The van der Waals surface area contributed by atoms with Crippen LogP contribution >= 0.6 is 0 Å². The van der Waals surface area contributed by atoms with Crippen LogP contribution in [0.5, 0.6) is 0 Å². The van der Waals surface area contributed by atoms with Gasteiger partial charge in [0.05, 0.1) is 32.1 Å². The molecule has 0 spiro atoms. The van der Waals surface area contributed by atoms with Crippen molar-refractivity contribution in [1.29, 1.82) is 0 Å². The Hall–Kier alpha value is -0.360. The van der Waals surface area contributed by atoms with Gasteiger partial charge in [0.15, 0.2) is 5.66 Å². The molecule has 0 aromatic heterocycles. The monoisotopic (exact) mass is 277 g/mol. The van der Waals surface area contributed by atoms with Crippen LogP contribution < -0.4 is 28.7 Å². The third-order valence-electron chi connectivity index (χ3n) is 3.24. The summed E-state index contributed by atoms with van der Waals surface area (Å²) in [4.78, 5) is 0. The van der Waals surface area contributed by atoms with E-state index in [1.165, 1.54) is 6.92 Å². The zero-order valence-electron chi connectivity index (χ0n) is 11.0. The third kappa shape index (κ3) is 3.40. The lowest BCUT2D eigenvalue weighted by atomic mass is 9.93. The van der Waals surface area contributed by atoms with Crippen LogP contribution in [0.2, 0.25) is 0 Å². The van der Waals surface area contributed by atoms with E-state index in [-0.39, 0.29) is 25.4 Å². The molecule has 19 heavy (non-hydrogen) atoms. The Balaban J connectivity index is 2.04. The van der Waals surface area contributed by atoms with Crippen molar-refractivity contribution in [3.8, 4) is 0 Å². The highest BCUT2D eigenvalue weighted by Crippen LogP contribution is 2.26. The van der Waals surface area contributed by atoms with Crippen LogP contribution in [0.15, 0.2) is 0 Å². The summed E-state index contributed by atoms with van der Waals surface area (Å²) in [6, 6.07) is 0. The molecule has 2 unspecified atom stereocenters. The van der Waals surface area contributed by atoms with Gasteiger partial charge >= 0.3 is 0 Å². The molecular formula is C10H23N5O4. The van der Waals surface area contributed by atoms with E-state index in [4.69, 9.17) is 47.6 Å². The third-order valence-corrected chi connectivity index (χ3v) is 3.24. The summed E-state index contributed by atoms with van der Waals surface area (Å²) in [5.74, 6) is -1.83. The summed E-state index contributed by atoms with van der Waals surface area (Å²) >= 11 is 0. The van der Waals surface area contributed by atoms with Crippen LogP contribution in [0.4, 0.5) is 0 Å². The van der Waals surface area contributed by atoms with E-state index < -0.39 is 17.2 Å². The molecule has 2 aliphatic heterocycles. The molecule has 2 fully saturated rings. The molecule has 0 saturated carbocycles. The first-order chi connectivity index (χ1) is 8.66. The van der Waals surface area contributed by atoms with E-state index in [0.717, 1.165) is 0 Å². The fourth-order valence-corrected chi connectivity index (χ4v) is 1.42. The molecule has 2 atom stereocenters. The van der Waals surface area contributed by atoms with Crippen LogP contribution in [0.3, 0.4) is 0 Å². The number of epoxide rings is 2. The molecule has 0 amide bonds. The first-order valence-corrected chi connectivity index (χ1v) is 6.11. The summed E-state index contributed by atoms with van der Waals surface area (Å²) in [5, 5.41) is 0. The second kappa shape index (κ2) is 4.88. The molecule has 112 valence electrons. The van der Waals surface area contributed by atoms with E-state index in [1.54, 1.807) is 0 Å². The average molecular weight is 277 g/mol. The summed E-state index contributed by atoms with van der Waals surface area (Å²) in [7, 11) is 0. The second-order valence-electron chi connectivity index (χ2n) is 5.35. The van der Waals surface area contributed by atoms with Gasteiger partial charge in [0, 0.05) is 0 Å². The maximum absolute atomic E-state index is 6.05. The smallest absolute Gasteiger partial charge is 0.261 e. The van der Waals surface area contributed by atoms with Gasteiger partial charge in [-0.3, -0.25) is 5.73 Å². The Morgan fingerprint density at radius 1 is 0.947 bits per heavy atom. The number of nitrogens with two attached hydrogens (primary N) is 5. The predicted molar refractivity (Wildman–Crippen MR) is 66.2 cm³/mol. The van der Waals surface area contributed by atoms with E-state index in [2.05, 4.69) is 0 Å². The maximum atomic E-state index is 6.05. The Labute approximate surface area is 111 Å². The van der Waals surface area contributed by atoms with Gasteiger partial charge in [-0.1, -0.05) is 0 Å². The van der Waals surface area contributed by atoms with Crippen molar-refractivity contribution >= 4 is 0 Å². The first kappa shape index (κ1) is 15.0. The van der Waals surface area contributed by atoms with Crippen molar-refractivity contribution in [1.82, 2.24) is 0 Å². The van der Waals surface area contributed by atoms with Gasteiger partial charge in [0.25, 0.3) is 5.91 Å². The minimum absolute atomic E-state index is 0.0266. The number of rotatable bonds is 8. The molecule has 0 radical (unpaired) electrons. The van der Waals surface area contributed by atoms with Crippen molar-refractivity contribution < 1.29 is 18.9 Å². The second-order valence-corrected chi connectivity index (χ2v) is 5.35. The molecular weight excluding hydrogens is 254 g/mol.